The maximum atomic E-state index is 4.20. The second-order valence-corrected chi connectivity index (χ2v) is 3.91. The number of nitrogens with zero attached hydrogens (tertiary/aromatic N) is 2. The molecule has 0 radical (unpaired) electrons. The van der Waals surface area contributed by atoms with Crippen molar-refractivity contribution in [3.05, 3.63) is 29.6 Å². The van der Waals surface area contributed by atoms with Crippen LogP contribution in [0.5, 0.6) is 0 Å². The molecule has 0 bridgehead atoms. The van der Waals surface area contributed by atoms with Gasteiger partial charge in [0.05, 0.1) is 0 Å². The molecule has 1 fully saturated rings. The molecule has 14 heavy (non-hydrogen) atoms. The third kappa shape index (κ3) is 2.53. The number of nitrogens with one attached hydrogen (secondary N) is 1. The summed E-state index contributed by atoms with van der Waals surface area (Å²) in [6.45, 7) is 5.31. The molecule has 1 aliphatic rings. The number of rotatable bonds is 2. The zero-order valence-corrected chi connectivity index (χ0v) is 8.66. The first-order valence-electron chi connectivity index (χ1n) is 5.23. The largest absolute Gasteiger partial charge is 0.264 e. The standard InChI is InChI=1S/C11H17N3/c1-10-6-11(8-12-7-10)9-14-5-3-2-4-13-14/h6-8,13H,2-5,9H2,1H3. The Kier molecular flexibility index (Phi) is 3.11. The van der Waals surface area contributed by atoms with Crippen molar-refractivity contribution in [1.29, 1.82) is 0 Å². The van der Waals surface area contributed by atoms with Crippen molar-refractivity contribution in [2.45, 2.75) is 26.3 Å². The summed E-state index contributed by atoms with van der Waals surface area (Å²) in [6.07, 6.45) is 6.44. The second kappa shape index (κ2) is 4.53. The molecule has 0 aromatic carbocycles. The molecule has 0 saturated carbocycles. The Balaban J connectivity index is 1.95. The van der Waals surface area contributed by atoms with Gasteiger partial charge < -0.3 is 0 Å². The summed E-state index contributed by atoms with van der Waals surface area (Å²) in [5.41, 5.74) is 5.92. The van der Waals surface area contributed by atoms with E-state index >= 15 is 0 Å². The second-order valence-electron chi connectivity index (χ2n) is 3.91. The average molecular weight is 191 g/mol. The minimum Gasteiger partial charge on any atom is -0.264 e. The lowest BCUT2D eigenvalue weighted by Crippen LogP contribution is -2.42. The summed E-state index contributed by atoms with van der Waals surface area (Å²) in [4.78, 5) is 4.20. The molecule has 3 heteroatoms. The average Bonchev–Trinajstić information content (AvgIpc) is 2.19. The topological polar surface area (TPSA) is 28.2 Å². The fraction of sp³-hybridized carbons (Fsp3) is 0.545. The summed E-state index contributed by atoms with van der Waals surface area (Å²) in [5, 5.41) is 2.28. The van der Waals surface area contributed by atoms with Crippen LogP contribution in [0.2, 0.25) is 0 Å². The fourth-order valence-corrected chi connectivity index (χ4v) is 1.80. The molecule has 0 spiro atoms. The first kappa shape index (κ1) is 9.62. The molecule has 1 aliphatic heterocycles. The van der Waals surface area contributed by atoms with Gasteiger partial charge in [-0.3, -0.25) is 10.4 Å². The predicted molar refractivity (Wildman–Crippen MR) is 56.6 cm³/mol. The van der Waals surface area contributed by atoms with Crippen molar-refractivity contribution in [2.75, 3.05) is 13.1 Å². The maximum Gasteiger partial charge on any atom is 0.0397 e. The molecule has 0 atom stereocenters. The van der Waals surface area contributed by atoms with E-state index in [1.54, 1.807) is 0 Å². The Labute approximate surface area is 85.1 Å². The van der Waals surface area contributed by atoms with E-state index in [2.05, 4.69) is 28.4 Å². The summed E-state index contributed by atoms with van der Waals surface area (Å²) in [5.74, 6) is 0. The van der Waals surface area contributed by atoms with E-state index in [0.717, 1.165) is 19.6 Å². The van der Waals surface area contributed by atoms with E-state index in [-0.39, 0.29) is 0 Å². The first-order valence-corrected chi connectivity index (χ1v) is 5.23. The number of aromatic nitrogens is 1. The number of hydrogen-bond acceptors (Lipinski definition) is 3. The molecular weight excluding hydrogens is 174 g/mol. The van der Waals surface area contributed by atoms with Crippen LogP contribution in [0.3, 0.4) is 0 Å². The molecule has 1 aromatic heterocycles. The lowest BCUT2D eigenvalue weighted by molar-refractivity contribution is 0.144. The summed E-state index contributed by atoms with van der Waals surface area (Å²) >= 11 is 0. The van der Waals surface area contributed by atoms with Gasteiger partial charge in [-0.2, -0.15) is 0 Å². The van der Waals surface area contributed by atoms with Gasteiger partial charge in [-0.15, -0.1) is 0 Å². The molecule has 1 aromatic rings. The van der Waals surface area contributed by atoms with E-state index in [1.165, 1.54) is 24.0 Å². The molecule has 0 aliphatic carbocycles. The third-order valence-electron chi connectivity index (χ3n) is 2.50. The van der Waals surface area contributed by atoms with Crippen LogP contribution < -0.4 is 5.43 Å². The Morgan fingerprint density at radius 3 is 3.07 bits per heavy atom. The predicted octanol–water partition coefficient (Wildman–Crippen LogP) is 1.49. The van der Waals surface area contributed by atoms with Gasteiger partial charge in [-0.05, 0) is 30.9 Å². The minimum absolute atomic E-state index is 0.967. The van der Waals surface area contributed by atoms with Crippen LogP contribution in [-0.4, -0.2) is 23.1 Å². The van der Waals surface area contributed by atoms with Crippen molar-refractivity contribution in [3.63, 3.8) is 0 Å². The van der Waals surface area contributed by atoms with Crippen molar-refractivity contribution in [1.82, 2.24) is 15.4 Å². The van der Waals surface area contributed by atoms with Crippen LogP contribution in [0.25, 0.3) is 0 Å². The van der Waals surface area contributed by atoms with Crippen molar-refractivity contribution < 1.29 is 0 Å². The Morgan fingerprint density at radius 2 is 2.36 bits per heavy atom. The van der Waals surface area contributed by atoms with Crippen LogP contribution in [0.15, 0.2) is 18.5 Å². The normalized spacial score (nSPS) is 18.4. The maximum absolute atomic E-state index is 4.20. The summed E-state index contributed by atoms with van der Waals surface area (Å²) in [6, 6.07) is 2.20. The highest BCUT2D eigenvalue weighted by Crippen LogP contribution is 2.07. The minimum atomic E-state index is 0.967. The van der Waals surface area contributed by atoms with Crippen LogP contribution in [0.4, 0.5) is 0 Å². The molecule has 0 amide bonds. The number of aryl methyl sites for hydroxylation is 1. The van der Waals surface area contributed by atoms with E-state index in [0.29, 0.717) is 0 Å². The van der Waals surface area contributed by atoms with Gasteiger partial charge in [-0.25, -0.2) is 5.01 Å². The first-order chi connectivity index (χ1) is 6.84. The van der Waals surface area contributed by atoms with Gasteiger partial charge in [0.2, 0.25) is 0 Å². The molecule has 0 unspecified atom stereocenters. The van der Waals surface area contributed by atoms with Crippen molar-refractivity contribution in [2.24, 2.45) is 0 Å². The van der Waals surface area contributed by atoms with Gasteiger partial charge in [0, 0.05) is 32.0 Å². The number of pyridine rings is 1. The monoisotopic (exact) mass is 191 g/mol. The van der Waals surface area contributed by atoms with Gasteiger partial charge in [0.25, 0.3) is 0 Å². The van der Waals surface area contributed by atoms with Crippen LogP contribution in [0, 0.1) is 6.92 Å². The quantitative estimate of drug-likeness (QED) is 0.767. The van der Waals surface area contributed by atoms with Crippen LogP contribution in [-0.2, 0) is 6.54 Å². The van der Waals surface area contributed by atoms with E-state index in [4.69, 9.17) is 0 Å². The fourth-order valence-electron chi connectivity index (χ4n) is 1.80. The number of hydrazine groups is 1. The molecule has 2 heterocycles. The molecule has 1 N–H and O–H groups in total. The lowest BCUT2D eigenvalue weighted by atomic mass is 10.2. The summed E-state index contributed by atoms with van der Waals surface area (Å²) < 4.78 is 0. The zero-order chi connectivity index (χ0) is 9.80. The molecular formula is C11H17N3. The molecule has 2 rings (SSSR count). The zero-order valence-electron chi connectivity index (χ0n) is 8.66. The van der Waals surface area contributed by atoms with Gasteiger partial charge in [-0.1, -0.05) is 6.07 Å². The van der Waals surface area contributed by atoms with Gasteiger partial charge >= 0.3 is 0 Å². The third-order valence-corrected chi connectivity index (χ3v) is 2.50. The smallest absolute Gasteiger partial charge is 0.0397 e. The SMILES string of the molecule is Cc1cncc(CN2CCCCN2)c1. The highest BCUT2D eigenvalue weighted by molar-refractivity contribution is 5.16. The van der Waals surface area contributed by atoms with E-state index in [9.17, 15) is 0 Å². The van der Waals surface area contributed by atoms with Gasteiger partial charge in [0.15, 0.2) is 0 Å². The highest BCUT2D eigenvalue weighted by Gasteiger charge is 2.09. The number of hydrogen-bond donors (Lipinski definition) is 1. The van der Waals surface area contributed by atoms with E-state index in [1.807, 2.05) is 12.4 Å². The molecule has 76 valence electrons. The van der Waals surface area contributed by atoms with Gasteiger partial charge in [0.1, 0.15) is 0 Å². The Morgan fingerprint density at radius 1 is 1.43 bits per heavy atom. The molecule has 3 nitrogen and oxygen atoms in total. The van der Waals surface area contributed by atoms with Crippen molar-refractivity contribution >= 4 is 0 Å². The van der Waals surface area contributed by atoms with Crippen molar-refractivity contribution in [3.8, 4) is 0 Å². The lowest BCUT2D eigenvalue weighted by Gasteiger charge is -2.27. The van der Waals surface area contributed by atoms with E-state index < -0.39 is 0 Å². The highest BCUT2D eigenvalue weighted by atomic mass is 15.5. The Hall–Kier alpha value is -0.930. The Bertz CT molecular complexity index is 292. The molecule has 1 saturated heterocycles. The summed E-state index contributed by atoms with van der Waals surface area (Å²) in [7, 11) is 0. The van der Waals surface area contributed by atoms with Crippen LogP contribution >= 0.6 is 0 Å². The van der Waals surface area contributed by atoms with Crippen LogP contribution in [0.1, 0.15) is 24.0 Å².